The van der Waals surface area contributed by atoms with Crippen molar-refractivity contribution in [2.45, 2.75) is 0 Å². The largest absolute Gasteiger partial charge is 0.352 e. The number of aromatic nitrogens is 2. The molecule has 4 N–H and O–H groups in total. The molecule has 0 bridgehead atoms. The van der Waals surface area contributed by atoms with Crippen molar-refractivity contribution in [1.29, 1.82) is 0 Å². The second-order valence-corrected chi connectivity index (χ2v) is 2.79. The fourth-order valence-electron chi connectivity index (χ4n) is 0.521. The molecule has 0 aliphatic rings. The quantitative estimate of drug-likeness (QED) is 0.705. The van der Waals surface area contributed by atoms with Gasteiger partial charge in [-0.2, -0.15) is 0 Å². The number of benzene rings is 1. The smallest absolute Gasteiger partial charge is 0.309 e. The highest BCUT2D eigenvalue weighted by Gasteiger charge is 1.61. The van der Waals surface area contributed by atoms with Gasteiger partial charge in [-0.05, 0) is 11.5 Å². The first-order valence-electron chi connectivity index (χ1n) is 3.99. The average molecular weight is 224 g/mol. The highest BCUT2D eigenvalue weighted by Crippen LogP contribution is 1.80. The molecule has 0 aliphatic carbocycles. The standard InChI is InChI=1S/C6H6.C2H2N2S.CH4N2O/c1-2-4-6-5-3-1;1-2-5-4-3-1;2-1(3)4/h1-6H;1-2H;(H4,2,3,4). The Morgan fingerprint density at radius 3 is 1.53 bits per heavy atom. The maximum atomic E-state index is 9.00. The monoisotopic (exact) mass is 224 g/mol. The van der Waals surface area contributed by atoms with E-state index in [-0.39, 0.29) is 0 Å². The van der Waals surface area contributed by atoms with Gasteiger partial charge < -0.3 is 11.5 Å². The zero-order valence-electron chi connectivity index (χ0n) is 7.98. The Morgan fingerprint density at radius 2 is 1.40 bits per heavy atom. The molecule has 0 radical (unpaired) electrons. The number of rotatable bonds is 0. The van der Waals surface area contributed by atoms with Crippen molar-refractivity contribution in [3.8, 4) is 0 Å². The van der Waals surface area contributed by atoms with Gasteiger partial charge in [0.25, 0.3) is 0 Å². The second-order valence-electron chi connectivity index (χ2n) is 2.14. The lowest BCUT2D eigenvalue weighted by Crippen LogP contribution is -2.18. The summed E-state index contributed by atoms with van der Waals surface area (Å²) in [6.45, 7) is 0. The molecule has 2 rings (SSSR count). The second kappa shape index (κ2) is 10.1. The van der Waals surface area contributed by atoms with Crippen molar-refractivity contribution >= 4 is 17.6 Å². The van der Waals surface area contributed by atoms with Crippen LogP contribution in [0.2, 0.25) is 0 Å². The Balaban J connectivity index is 0.000000202. The average Bonchev–Trinajstić information content (AvgIpc) is 2.77. The van der Waals surface area contributed by atoms with Gasteiger partial charge in [0, 0.05) is 5.38 Å². The van der Waals surface area contributed by atoms with Gasteiger partial charge >= 0.3 is 6.03 Å². The van der Waals surface area contributed by atoms with Crippen molar-refractivity contribution in [2.75, 3.05) is 0 Å². The molecule has 15 heavy (non-hydrogen) atoms. The number of amides is 2. The number of hydrogen-bond donors (Lipinski definition) is 2. The molecule has 0 unspecified atom stereocenters. The highest BCUT2D eigenvalue weighted by atomic mass is 32.1. The minimum absolute atomic E-state index is 0.833. The molecule has 80 valence electrons. The Kier molecular flexibility index (Phi) is 8.82. The molecule has 0 saturated carbocycles. The van der Waals surface area contributed by atoms with E-state index in [0.29, 0.717) is 0 Å². The van der Waals surface area contributed by atoms with Crippen LogP contribution >= 0.6 is 11.5 Å². The highest BCUT2D eigenvalue weighted by molar-refractivity contribution is 7.03. The Morgan fingerprint density at radius 1 is 1.00 bits per heavy atom. The van der Waals surface area contributed by atoms with E-state index in [1.165, 1.54) is 11.5 Å². The lowest BCUT2D eigenvalue weighted by Gasteiger charge is -1.69. The van der Waals surface area contributed by atoms with E-state index in [9.17, 15) is 0 Å². The molecule has 0 aliphatic heterocycles. The third-order valence-corrected chi connectivity index (χ3v) is 1.38. The van der Waals surface area contributed by atoms with Gasteiger partial charge in [-0.3, -0.25) is 0 Å². The molecule has 2 aromatic rings. The van der Waals surface area contributed by atoms with Crippen LogP contribution in [0.5, 0.6) is 0 Å². The number of hydrogen-bond acceptors (Lipinski definition) is 4. The first kappa shape index (κ1) is 13.1. The van der Waals surface area contributed by atoms with Crippen LogP contribution in [0.4, 0.5) is 4.79 Å². The molecule has 1 aromatic carbocycles. The van der Waals surface area contributed by atoms with Crippen molar-refractivity contribution in [3.63, 3.8) is 0 Å². The fraction of sp³-hybridized carbons (Fsp3) is 0. The van der Waals surface area contributed by atoms with Crippen LogP contribution in [0.15, 0.2) is 48.0 Å². The third kappa shape index (κ3) is 14.9. The predicted octanol–water partition coefficient (Wildman–Crippen LogP) is 1.25. The Labute approximate surface area is 91.9 Å². The number of urea groups is 1. The summed E-state index contributed by atoms with van der Waals surface area (Å²) in [7, 11) is 0. The Hall–Kier alpha value is -1.95. The van der Waals surface area contributed by atoms with Crippen LogP contribution in [0.25, 0.3) is 0 Å². The van der Waals surface area contributed by atoms with E-state index in [0.717, 1.165) is 0 Å². The van der Waals surface area contributed by atoms with Gasteiger partial charge in [-0.1, -0.05) is 40.9 Å². The predicted molar refractivity (Wildman–Crippen MR) is 60.1 cm³/mol. The number of carbonyl (C=O) groups excluding carboxylic acids is 1. The van der Waals surface area contributed by atoms with Gasteiger partial charge in [-0.25, -0.2) is 4.79 Å². The van der Waals surface area contributed by atoms with E-state index in [4.69, 9.17) is 4.79 Å². The third-order valence-electron chi connectivity index (χ3n) is 0.949. The summed E-state index contributed by atoms with van der Waals surface area (Å²) >= 11 is 1.35. The summed E-state index contributed by atoms with van der Waals surface area (Å²) < 4.78 is 3.51. The molecular formula is C9H12N4OS. The summed E-state index contributed by atoms with van der Waals surface area (Å²) in [5, 5.41) is 5.31. The van der Waals surface area contributed by atoms with E-state index < -0.39 is 6.03 Å². The molecule has 1 aromatic heterocycles. The lowest BCUT2D eigenvalue weighted by atomic mass is 10.4. The molecular weight excluding hydrogens is 212 g/mol. The number of primary amides is 2. The normalized spacial score (nSPS) is 7.47. The minimum atomic E-state index is -0.833. The van der Waals surface area contributed by atoms with E-state index >= 15 is 0 Å². The van der Waals surface area contributed by atoms with Crippen LogP contribution in [0.3, 0.4) is 0 Å². The SMILES string of the molecule is NC(N)=O.c1ccccc1.c1csnn1. The van der Waals surface area contributed by atoms with E-state index in [1.807, 2.05) is 41.8 Å². The number of nitrogens with zero attached hydrogens (tertiary/aromatic N) is 2. The van der Waals surface area contributed by atoms with Crippen LogP contribution < -0.4 is 11.5 Å². The first-order chi connectivity index (χ1) is 7.23. The summed E-state index contributed by atoms with van der Waals surface area (Å²) in [4.78, 5) is 9.00. The van der Waals surface area contributed by atoms with Crippen molar-refractivity contribution in [3.05, 3.63) is 48.0 Å². The van der Waals surface area contributed by atoms with Crippen molar-refractivity contribution in [1.82, 2.24) is 9.59 Å². The number of nitrogens with two attached hydrogens (primary N) is 2. The summed E-state index contributed by atoms with van der Waals surface area (Å²) in [5.74, 6) is 0. The maximum absolute atomic E-state index is 9.00. The molecule has 0 atom stereocenters. The van der Waals surface area contributed by atoms with E-state index in [2.05, 4.69) is 21.1 Å². The van der Waals surface area contributed by atoms with Crippen molar-refractivity contribution < 1.29 is 4.79 Å². The summed E-state index contributed by atoms with van der Waals surface area (Å²) in [6, 6.07) is 11.2. The van der Waals surface area contributed by atoms with E-state index in [1.54, 1.807) is 6.20 Å². The lowest BCUT2D eigenvalue weighted by molar-refractivity contribution is 0.256. The van der Waals surface area contributed by atoms with Crippen molar-refractivity contribution in [2.24, 2.45) is 11.5 Å². The topological polar surface area (TPSA) is 94.9 Å². The van der Waals surface area contributed by atoms with Gasteiger partial charge in [-0.15, -0.1) is 5.10 Å². The molecule has 6 heteroatoms. The molecule has 0 spiro atoms. The molecule has 1 heterocycles. The van der Waals surface area contributed by atoms with Gasteiger partial charge in [0.05, 0.1) is 6.20 Å². The summed E-state index contributed by atoms with van der Waals surface area (Å²) in [5.41, 5.74) is 8.50. The molecule has 0 saturated heterocycles. The molecule has 5 nitrogen and oxygen atoms in total. The summed E-state index contributed by atoms with van der Waals surface area (Å²) in [6.07, 6.45) is 1.66. The van der Waals surface area contributed by atoms with Gasteiger partial charge in [0.2, 0.25) is 0 Å². The number of carbonyl (C=O) groups is 1. The molecule has 0 fully saturated rings. The zero-order chi connectivity index (χ0) is 11.4. The van der Waals surface area contributed by atoms with Gasteiger partial charge in [0.1, 0.15) is 0 Å². The molecule has 2 amide bonds. The van der Waals surface area contributed by atoms with Crippen LogP contribution in [0.1, 0.15) is 0 Å². The van der Waals surface area contributed by atoms with Crippen LogP contribution in [-0.4, -0.2) is 15.6 Å². The zero-order valence-corrected chi connectivity index (χ0v) is 8.80. The minimum Gasteiger partial charge on any atom is -0.352 e. The van der Waals surface area contributed by atoms with Crippen LogP contribution in [-0.2, 0) is 0 Å². The first-order valence-corrected chi connectivity index (χ1v) is 4.83. The van der Waals surface area contributed by atoms with Gasteiger partial charge in [0.15, 0.2) is 0 Å². The maximum Gasteiger partial charge on any atom is 0.309 e. The Bertz CT molecular complexity index is 277. The fourth-order valence-corrected chi connectivity index (χ4v) is 0.793. The van der Waals surface area contributed by atoms with Crippen LogP contribution in [0, 0.1) is 0 Å².